The Hall–Kier alpha value is -1.94. The van der Waals surface area contributed by atoms with Crippen molar-refractivity contribution in [1.29, 1.82) is 0 Å². The first-order valence-electron chi connectivity index (χ1n) is 37.2. The molecule has 0 aromatic heterocycles. The number of hydrogen-bond acceptors (Lipinski definition) is 15. The molecular formula is C72H140O17P2. The van der Waals surface area contributed by atoms with Gasteiger partial charge in [-0.25, -0.2) is 9.13 Å². The highest BCUT2D eigenvalue weighted by molar-refractivity contribution is 7.47. The molecular weight excluding hydrogens is 1200 g/mol. The van der Waals surface area contributed by atoms with Gasteiger partial charge in [-0.1, -0.05) is 306 Å². The lowest BCUT2D eigenvalue weighted by Gasteiger charge is -2.21. The number of carbonyl (C=O) groups excluding carboxylic acids is 4. The molecule has 0 saturated carbocycles. The second-order valence-electron chi connectivity index (χ2n) is 27.6. The van der Waals surface area contributed by atoms with E-state index in [-0.39, 0.29) is 25.7 Å². The molecule has 0 saturated heterocycles. The maximum absolute atomic E-state index is 13.0. The Bertz CT molecular complexity index is 1800. The van der Waals surface area contributed by atoms with Crippen LogP contribution in [0.1, 0.15) is 357 Å². The molecule has 4 unspecified atom stereocenters. The number of ether oxygens (including phenoxy) is 4. The number of esters is 4. The Labute approximate surface area is 556 Å². The first-order chi connectivity index (χ1) is 43.6. The first kappa shape index (κ1) is 89.1. The van der Waals surface area contributed by atoms with Crippen molar-refractivity contribution in [3.8, 4) is 0 Å². The van der Waals surface area contributed by atoms with Crippen molar-refractivity contribution in [2.75, 3.05) is 39.6 Å². The van der Waals surface area contributed by atoms with E-state index >= 15 is 0 Å². The molecule has 19 heteroatoms. The summed E-state index contributed by atoms with van der Waals surface area (Å²) in [6, 6.07) is 0. The van der Waals surface area contributed by atoms with Crippen molar-refractivity contribution in [3.63, 3.8) is 0 Å². The molecule has 91 heavy (non-hydrogen) atoms. The zero-order valence-electron chi connectivity index (χ0n) is 59.5. The Morgan fingerprint density at radius 3 is 0.780 bits per heavy atom. The van der Waals surface area contributed by atoms with E-state index in [4.69, 9.17) is 37.0 Å². The molecule has 0 aromatic rings. The van der Waals surface area contributed by atoms with E-state index in [9.17, 15) is 43.2 Å². The van der Waals surface area contributed by atoms with Gasteiger partial charge < -0.3 is 33.8 Å². The summed E-state index contributed by atoms with van der Waals surface area (Å²) in [6.45, 7) is 14.1. The van der Waals surface area contributed by atoms with E-state index in [1.807, 2.05) is 0 Å². The number of hydrogen-bond donors (Lipinski definition) is 3. The van der Waals surface area contributed by atoms with Crippen molar-refractivity contribution >= 4 is 39.5 Å². The maximum Gasteiger partial charge on any atom is 0.472 e. The van der Waals surface area contributed by atoms with Crippen molar-refractivity contribution in [2.24, 2.45) is 23.7 Å². The number of phosphoric ester groups is 2. The second-order valence-corrected chi connectivity index (χ2v) is 30.6. The number of aliphatic hydroxyl groups is 1. The van der Waals surface area contributed by atoms with Gasteiger partial charge in [0.15, 0.2) is 12.2 Å². The van der Waals surface area contributed by atoms with Crippen LogP contribution in [0.5, 0.6) is 0 Å². The third-order valence-electron chi connectivity index (χ3n) is 16.9. The first-order valence-corrected chi connectivity index (χ1v) is 40.2. The molecule has 0 radical (unpaired) electrons. The Balaban J connectivity index is 5.25. The van der Waals surface area contributed by atoms with Crippen LogP contribution in [0.3, 0.4) is 0 Å². The SMILES string of the molecule is CCC(C)CCCCCCCCCCC(=O)O[C@H](COC(=O)CCCCCCCCCCC(C)C)COP(=O)(O)OCC(O)COP(=O)(O)OC[C@@H](COC(=O)CCCCCCCCCCC(C)C)OC(=O)CCCCCCCCCCCCCCCCC(C)C. The summed E-state index contributed by atoms with van der Waals surface area (Å²) in [4.78, 5) is 72.6. The quantitative estimate of drug-likeness (QED) is 0.0222. The van der Waals surface area contributed by atoms with Crippen LogP contribution < -0.4 is 0 Å². The largest absolute Gasteiger partial charge is 0.472 e. The van der Waals surface area contributed by atoms with Gasteiger partial charge in [-0.2, -0.15) is 0 Å². The number of phosphoric acid groups is 2. The molecule has 0 aromatic carbocycles. The Morgan fingerprint density at radius 2 is 0.527 bits per heavy atom. The maximum atomic E-state index is 13.0. The van der Waals surface area contributed by atoms with E-state index in [0.717, 1.165) is 114 Å². The second kappa shape index (κ2) is 61.6. The highest BCUT2D eigenvalue weighted by atomic mass is 31.2. The average molecular weight is 1340 g/mol. The monoisotopic (exact) mass is 1340 g/mol. The summed E-state index contributed by atoms with van der Waals surface area (Å²) in [5, 5.41) is 10.6. The number of aliphatic hydroxyl groups excluding tert-OH is 1. The van der Waals surface area contributed by atoms with Gasteiger partial charge in [0, 0.05) is 25.7 Å². The molecule has 0 rings (SSSR count). The molecule has 0 amide bonds. The fourth-order valence-corrected chi connectivity index (χ4v) is 12.4. The summed E-state index contributed by atoms with van der Waals surface area (Å²) in [5.74, 6) is 0.889. The molecule has 17 nitrogen and oxygen atoms in total. The number of unbranched alkanes of at least 4 members (excludes halogenated alkanes) is 34. The Morgan fingerprint density at radius 1 is 0.308 bits per heavy atom. The molecule has 540 valence electrons. The van der Waals surface area contributed by atoms with Gasteiger partial charge >= 0.3 is 39.5 Å². The fourth-order valence-electron chi connectivity index (χ4n) is 10.8. The lowest BCUT2D eigenvalue weighted by atomic mass is 9.99. The van der Waals surface area contributed by atoms with Crippen LogP contribution in [0, 0.1) is 23.7 Å². The van der Waals surface area contributed by atoms with Crippen LogP contribution in [0.25, 0.3) is 0 Å². The molecule has 0 bridgehead atoms. The van der Waals surface area contributed by atoms with E-state index in [0.29, 0.717) is 25.7 Å². The number of rotatable bonds is 69. The molecule has 0 aliphatic rings. The van der Waals surface area contributed by atoms with Crippen molar-refractivity contribution in [3.05, 3.63) is 0 Å². The molecule has 6 atom stereocenters. The molecule has 0 aliphatic carbocycles. The van der Waals surface area contributed by atoms with Crippen LogP contribution >= 0.6 is 15.6 Å². The topological polar surface area (TPSA) is 237 Å². The minimum absolute atomic E-state index is 0.104. The third kappa shape index (κ3) is 65.1. The minimum atomic E-state index is -4.95. The van der Waals surface area contributed by atoms with Crippen LogP contribution in [0.2, 0.25) is 0 Å². The summed E-state index contributed by atoms with van der Waals surface area (Å²) < 4.78 is 68.4. The lowest BCUT2D eigenvalue weighted by molar-refractivity contribution is -0.161. The molecule has 3 N–H and O–H groups in total. The van der Waals surface area contributed by atoms with E-state index in [1.54, 1.807) is 0 Å². The fraction of sp³-hybridized carbons (Fsp3) is 0.944. The van der Waals surface area contributed by atoms with Gasteiger partial charge in [-0.3, -0.25) is 37.3 Å². The summed E-state index contributed by atoms with van der Waals surface area (Å²) in [6.07, 6.45) is 44.4. The molecule has 0 aliphatic heterocycles. The van der Waals surface area contributed by atoms with E-state index in [1.165, 1.54) is 161 Å². The van der Waals surface area contributed by atoms with Gasteiger partial charge in [-0.15, -0.1) is 0 Å². The lowest BCUT2D eigenvalue weighted by Crippen LogP contribution is -2.30. The third-order valence-corrected chi connectivity index (χ3v) is 18.8. The van der Waals surface area contributed by atoms with E-state index in [2.05, 4.69) is 55.4 Å². The minimum Gasteiger partial charge on any atom is -0.462 e. The standard InChI is InChI=1S/C72H140O17P2/c1-9-65(8)51-43-35-27-20-23-31-39-47-55-72(77)89-68(59-83-70(75)53-45-37-29-22-19-26-34-42-50-64(6)7)61-87-91(80,81)85-57-66(73)56-84-90(78,79)86-60-67(58-82-69(74)52-44-36-28-21-18-25-33-41-49-63(4)5)88-71(76)54-46-38-30-17-15-13-11-10-12-14-16-24-32-40-48-62(2)3/h62-68,73H,9-61H2,1-8H3,(H,78,79)(H,80,81)/t65?,66?,67-,68-/m1/s1. The van der Waals surface area contributed by atoms with Gasteiger partial charge in [-0.05, 0) is 49.4 Å². The summed E-state index contributed by atoms with van der Waals surface area (Å²) in [5.41, 5.74) is 0. The number of carbonyl (C=O) groups is 4. The molecule has 0 fully saturated rings. The van der Waals surface area contributed by atoms with Gasteiger partial charge in [0.05, 0.1) is 26.4 Å². The smallest absolute Gasteiger partial charge is 0.462 e. The van der Waals surface area contributed by atoms with Crippen molar-refractivity contribution in [2.45, 2.75) is 375 Å². The predicted molar refractivity (Wildman–Crippen MR) is 367 cm³/mol. The van der Waals surface area contributed by atoms with Crippen LogP contribution in [0.15, 0.2) is 0 Å². The highest BCUT2D eigenvalue weighted by Crippen LogP contribution is 2.45. The van der Waals surface area contributed by atoms with E-state index < -0.39 is 97.5 Å². The van der Waals surface area contributed by atoms with Crippen LogP contribution in [0.4, 0.5) is 0 Å². The zero-order valence-corrected chi connectivity index (χ0v) is 61.3. The zero-order chi connectivity index (χ0) is 67.5. The van der Waals surface area contributed by atoms with Gasteiger partial charge in [0.25, 0.3) is 0 Å². The van der Waals surface area contributed by atoms with Crippen LogP contribution in [-0.4, -0.2) is 96.7 Å². The van der Waals surface area contributed by atoms with Gasteiger partial charge in [0.2, 0.25) is 0 Å². The Kier molecular flexibility index (Phi) is 60.3. The molecule has 0 heterocycles. The van der Waals surface area contributed by atoms with Crippen molar-refractivity contribution in [1.82, 2.24) is 0 Å². The average Bonchev–Trinajstić information content (AvgIpc) is 3.61. The van der Waals surface area contributed by atoms with Gasteiger partial charge in [0.1, 0.15) is 19.3 Å². The summed E-state index contributed by atoms with van der Waals surface area (Å²) >= 11 is 0. The summed E-state index contributed by atoms with van der Waals surface area (Å²) in [7, 11) is -9.91. The highest BCUT2D eigenvalue weighted by Gasteiger charge is 2.30. The van der Waals surface area contributed by atoms with Crippen LogP contribution in [-0.2, 0) is 65.4 Å². The van der Waals surface area contributed by atoms with Crippen molar-refractivity contribution < 1.29 is 80.2 Å². The predicted octanol–water partition coefficient (Wildman–Crippen LogP) is 20.5. The molecule has 0 spiro atoms. The normalized spacial score (nSPS) is 14.5.